The van der Waals surface area contributed by atoms with Crippen LogP contribution in [0.4, 0.5) is 0 Å². The molecule has 0 atom stereocenters. The van der Waals surface area contributed by atoms with Crippen LogP contribution < -0.4 is 0 Å². The Balaban J connectivity index is -0.000000149. The Labute approximate surface area is 71.3 Å². The minimum absolute atomic E-state index is 0. The van der Waals surface area contributed by atoms with E-state index in [1.165, 1.54) is 13.8 Å². The topological polar surface area (TPSA) is 54.4 Å². The molecule has 3 nitrogen and oxygen atoms in total. The van der Waals surface area contributed by atoms with Gasteiger partial charge in [0.1, 0.15) is 11.6 Å². The Kier molecular flexibility index (Phi) is 19.0. The van der Waals surface area contributed by atoms with Crippen molar-refractivity contribution in [1.82, 2.24) is 0 Å². The van der Waals surface area contributed by atoms with Gasteiger partial charge in [-0.1, -0.05) is 0 Å². The van der Waals surface area contributed by atoms with E-state index in [4.69, 9.17) is 5.11 Å². The predicted molar refractivity (Wildman–Crippen MR) is 34.1 cm³/mol. The molecule has 0 aliphatic carbocycles. The van der Waals surface area contributed by atoms with Crippen LogP contribution in [-0.4, -0.2) is 23.8 Å². The molecule has 0 saturated carbocycles. The number of carbonyl (C=O) groups is 2. The van der Waals surface area contributed by atoms with Gasteiger partial charge >= 0.3 is 0 Å². The molecule has 4 heteroatoms. The first-order valence-corrected chi connectivity index (χ1v) is 2.56. The summed E-state index contributed by atoms with van der Waals surface area (Å²) >= 11 is 0. The molecule has 0 amide bonds. The molecule has 0 aliphatic heterocycles. The molecule has 0 aliphatic rings. The molecule has 0 saturated heterocycles. The summed E-state index contributed by atoms with van der Waals surface area (Å²) in [6.07, 6.45) is 0.0833. The first kappa shape index (κ1) is 16.4. The van der Waals surface area contributed by atoms with Crippen molar-refractivity contribution in [2.24, 2.45) is 0 Å². The Hall–Kier alpha value is -0.181. The van der Waals surface area contributed by atoms with Gasteiger partial charge in [0.15, 0.2) is 0 Å². The van der Waals surface area contributed by atoms with Crippen molar-refractivity contribution < 1.29 is 31.8 Å². The number of ketones is 2. The first-order valence-electron chi connectivity index (χ1n) is 2.56. The molecule has 0 aromatic carbocycles. The molecule has 0 rings (SSSR count). The average molecular weight is 196 g/mol. The average Bonchev–Trinajstić information content (AvgIpc) is 1.68. The van der Waals surface area contributed by atoms with Gasteiger partial charge in [-0.25, -0.2) is 0 Å². The molecule has 0 heterocycles. The molecule has 0 fully saturated rings. The summed E-state index contributed by atoms with van der Waals surface area (Å²) in [5.41, 5.74) is 0. The maximum atomic E-state index is 10.0. The maximum Gasteiger partial charge on any atom is 0.137 e. The molecule has 1 radical (unpaired) electrons. The minimum Gasteiger partial charge on any atom is -0.400 e. The predicted octanol–water partition coefficient (Wildman–Crippen LogP) is 0.161. The fourth-order valence-electron chi connectivity index (χ4n) is 0.351. The molecular formula is C6H12CuO3. The molecule has 1 N–H and O–H groups in total. The van der Waals surface area contributed by atoms with Crippen molar-refractivity contribution >= 4 is 11.6 Å². The van der Waals surface area contributed by atoms with Gasteiger partial charge in [0.2, 0.25) is 0 Å². The van der Waals surface area contributed by atoms with E-state index in [-0.39, 0.29) is 35.1 Å². The molecular weight excluding hydrogens is 184 g/mol. The second-order valence-electron chi connectivity index (χ2n) is 1.58. The van der Waals surface area contributed by atoms with Crippen molar-refractivity contribution in [2.45, 2.75) is 20.3 Å². The number of carbonyl (C=O) groups excluding carboxylic acids is 2. The number of rotatable bonds is 2. The Bertz CT molecular complexity index is 89.2. The molecule has 10 heavy (non-hydrogen) atoms. The summed E-state index contributed by atoms with van der Waals surface area (Å²) in [4.78, 5) is 20.1. The number of hydrogen-bond acceptors (Lipinski definition) is 3. The van der Waals surface area contributed by atoms with Crippen LogP contribution in [0.15, 0.2) is 0 Å². The van der Waals surface area contributed by atoms with Crippen LogP contribution in [0.1, 0.15) is 20.3 Å². The third-order valence-corrected chi connectivity index (χ3v) is 0.498. The van der Waals surface area contributed by atoms with Crippen molar-refractivity contribution in [1.29, 1.82) is 0 Å². The molecule has 0 spiro atoms. The minimum atomic E-state index is -0.0625. The maximum absolute atomic E-state index is 10.0. The largest absolute Gasteiger partial charge is 0.400 e. The van der Waals surface area contributed by atoms with Crippen LogP contribution >= 0.6 is 0 Å². The zero-order valence-electron chi connectivity index (χ0n) is 6.27. The van der Waals surface area contributed by atoms with E-state index >= 15 is 0 Å². The van der Waals surface area contributed by atoms with Crippen molar-refractivity contribution in [3.63, 3.8) is 0 Å². The second-order valence-corrected chi connectivity index (χ2v) is 1.58. The van der Waals surface area contributed by atoms with Gasteiger partial charge in [-0.2, -0.15) is 0 Å². The SMILES string of the molecule is CC(=O)CC(C)=O.CO.[Cu]. The Morgan fingerprint density at radius 1 is 1.10 bits per heavy atom. The normalized spacial score (nSPS) is 6.40. The molecule has 0 unspecified atom stereocenters. The third kappa shape index (κ3) is 24.9. The van der Waals surface area contributed by atoms with Crippen LogP contribution in [0.25, 0.3) is 0 Å². The number of aliphatic hydroxyl groups is 1. The van der Waals surface area contributed by atoms with Gasteiger partial charge in [0.05, 0.1) is 6.42 Å². The Morgan fingerprint density at radius 3 is 1.30 bits per heavy atom. The summed E-state index contributed by atoms with van der Waals surface area (Å²) in [5.74, 6) is -0.125. The van der Waals surface area contributed by atoms with Gasteiger partial charge in [-0.3, -0.25) is 9.59 Å². The number of Topliss-reactive ketones (excluding diaryl/α,β-unsaturated/α-hetero) is 2. The number of aliphatic hydroxyl groups excluding tert-OH is 1. The van der Waals surface area contributed by atoms with Crippen LogP contribution in [0.2, 0.25) is 0 Å². The van der Waals surface area contributed by atoms with E-state index in [0.29, 0.717) is 0 Å². The summed E-state index contributed by atoms with van der Waals surface area (Å²) in [5, 5.41) is 7.00. The fraction of sp³-hybridized carbons (Fsp3) is 0.667. The fourth-order valence-corrected chi connectivity index (χ4v) is 0.351. The van der Waals surface area contributed by atoms with Crippen LogP contribution in [0.5, 0.6) is 0 Å². The third-order valence-electron chi connectivity index (χ3n) is 0.498. The van der Waals surface area contributed by atoms with Crippen molar-refractivity contribution in [2.75, 3.05) is 7.11 Å². The monoisotopic (exact) mass is 195 g/mol. The summed E-state index contributed by atoms with van der Waals surface area (Å²) < 4.78 is 0. The van der Waals surface area contributed by atoms with E-state index < -0.39 is 0 Å². The van der Waals surface area contributed by atoms with Crippen LogP contribution in [0.3, 0.4) is 0 Å². The quantitative estimate of drug-likeness (QED) is 0.505. The smallest absolute Gasteiger partial charge is 0.137 e. The van der Waals surface area contributed by atoms with Gasteiger partial charge in [0, 0.05) is 24.2 Å². The summed E-state index contributed by atoms with van der Waals surface area (Å²) in [6.45, 7) is 2.81. The number of hydrogen-bond donors (Lipinski definition) is 1. The molecule has 0 aromatic rings. The van der Waals surface area contributed by atoms with E-state index in [2.05, 4.69) is 0 Å². The summed E-state index contributed by atoms with van der Waals surface area (Å²) in [7, 11) is 1.00. The molecule has 0 aromatic heterocycles. The van der Waals surface area contributed by atoms with E-state index in [1.54, 1.807) is 0 Å². The Morgan fingerprint density at radius 2 is 1.30 bits per heavy atom. The van der Waals surface area contributed by atoms with E-state index in [0.717, 1.165) is 7.11 Å². The van der Waals surface area contributed by atoms with Crippen LogP contribution in [0, 0.1) is 0 Å². The zero-order chi connectivity index (χ0) is 7.86. The van der Waals surface area contributed by atoms with Gasteiger partial charge in [0.25, 0.3) is 0 Å². The van der Waals surface area contributed by atoms with Crippen molar-refractivity contribution in [3.05, 3.63) is 0 Å². The standard InChI is InChI=1S/C5H8O2.CH4O.Cu/c1-4(6)3-5(2)7;1-2;/h3H2,1-2H3;2H,1H3;. The second kappa shape index (κ2) is 11.6. The van der Waals surface area contributed by atoms with Crippen molar-refractivity contribution in [3.8, 4) is 0 Å². The first-order chi connectivity index (χ1) is 4.13. The van der Waals surface area contributed by atoms with Gasteiger partial charge in [-0.15, -0.1) is 0 Å². The van der Waals surface area contributed by atoms with Crippen LogP contribution in [-0.2, 0) is 26.7 Å². The molecule has 0 bridgehead atoms. The van der Waals surface area contributed by atoms with Gasteiger partial charge < -0.3 is 5.11 Å². The van der Waals surface area contributed by atoms with Gasteiger partial charge in [-0.05, 0) is 13.8 Å². The van der Waals surface area contributed by atoms with E-state index in [9.17, 15) is 9.59 Å². The van der Waals surface area contributed by atoms with E-state index in [1.807, 2.05) is 0 Å². The zero-order valence-corrected chi connectivity index (χ0v) is 7.21. The summed E-state index contributed by atoms with van der Waals surface area (Å²) in [6, 6.07) is 0. The molecule has 65 valence electrons.